The monoisotopic (exact) mass is 719 g/mol. The minimum absolute atomic E-state index is 0.639. The van der Waals surface area contributed by atoms with Gasteiger partial charge in [0.05, 0.1) is 0 Å². The van der Waals surface area contributed by atoms with Crippen molar-refractivity contribution in [1.29, 1.82) is 0 Å². The average molecular weight is 720 g/mol. The topological polar surface area (TPSA) is 38.7 Å². The van der Waals surface area contributed by atoms with Gasteiger partial charge in [-0.2, -0.15) is 0 Å². The van der Waals surface area contributed by atoms with Gasteiger partial charge < -0.3 is 0 Å². The highest BCUT2D eigenvalue weighted by molar-refractivity contribution is 7.26. The molecule has 55 heavy (non-hydrogen) atoms. The predicted octanol–water partition coefficient (Wildman–Crippen LogP) is 13.9. The summed E-state index contributed by atoms with van der Waals surface area (Å²) < 4.78 is 2.43. The first-order valence-electron chi connectivity index (χ1n) is 18.4. The first-order chi connectivity index (χ1) is 27.2. The van der Waals surface area contributed by atoms with Gasteiger partial charge in [-0.25, -0.2) is 15.0 Å². The summed E-state index contributed by atoms with van der Waals surface area (Å²) >= 11 is 1.80. The number of fused-ring (bicyclic) bond motifs is 3. The molecule has 4 heteroatoms. The van der Waals surface area contributed by atoms with Gasteiger partial charge in [-0.1, -0.05) is 164 Å². The Kier molecular flexibility index (Phi) is 8.36. The molecule has 2 aromatic heterocycles. The number of aromatic nitrogens is 3. The SMILES string of the molecule is c1ccc(-c2cccc(-c3cccc(-c4nc(-c5ccccc5)nc(-c5cccc6sc7ccc(-c8cccc(-c9ccccc9)c8)cc7c56)n4)c3)c2)cc1. The molecule has 0 N–H and O–H groups in total. The van der Waals surface area contributed by atoms with E-state index in [-0.39, 0.29) is 0 Å². The van der Waals surface area contributed by atoms with Gasteiger partial charge in [0.1, 0.15) is 0 Å². The summed E-state index contributed by atoms with van der Waals surface area (Å²) in [5.74, 6) is 1.94. The molecule has 0 saturated heterocycles. The maximum atomic E-state index is 5.24. The van der Waals surface area contributed by atoms with Crippen molar-refractivity contribution < 1.29 is 0 Å². The van der Waals surface area contributed by atoms with Gasteiger partial charge >= 0.3 is 0 Å². The lowest BCUT2D eigenvalue weighted by Gasteiger charge is -2.11. The van der Waals surface area contributed by atoms with Crippen molar-refractivity contribution in [3.63, 3.8) is 0 Å². The molecule has 0 saturated carbocycles. The van der Waals surface area contributed by atoms with Crippen molar-refractivity contribution in [2.24, 2.45) is 0 Å². The molecule has 0 unspecified atom stereocenters. The molecule has 0 fully saturated rings. The predicted molar refractivity (Wildman–Crippen MR) is 231 cm³/mol. The lowest BCUT2D eigenvalue weighted by Crippen LogP contribution is -2.00. The molecule has 0 spiro atoms. The highest BCUT2D eigenvalue weighted by atomic mass is 32.1. The lowest BCUT2D eigenvalue weighted by molar-refractivity contribution is 1.08. The van der Waals surface area contributed by atoms with Gasteiger partial charge in [0, 0.05) is 36.9 Å². The third kappa shape index (κ3) is 6.39. The molecule has 0 aliphatic carbocycles. The van der Waals surface area contributed by atoms with Crippen LogP contribution in [0.25, 0.3) is 98.8 Å². The van der Waals surface area contributed by atoms with Gasteiger partial charge in [0.15, 0.2) is 17.5 Å². The van der Waals surface area contributed by atoms with Crippen LogP contribution in [0.1, 0.15) is 0 Å². The molecule has 0 aliphatic heterocycles. The Morgan fingerprint density at radius 1 is 0.273 bits per heavy atom. The van der Waals surface area contributed by atoms with E-state index >= 15 is 0 Å². The van der Waals surface area contributed by atoms with E-state index in [1.54, 1.807) is 11.3 Å². The fourth-order valence-electron chi connectivity index (χ4n) is 7.39. The van der Waals surface area contributed by atoms with Crippen molar-refractivity contribution in [3.8, 4) is 78.7 Å². The fraction of sp³-hybridized carbons (Fsp3) is 0. The van der Waals surface area contributed by atoms with Crippen LogP contribution >= 0.6 is 11.3 Å². The van der Waals surface area contributed by atoms with Crippen molar-refractivity contribution in [2.45, 2.75) is 0 Å². The van der Waals surface area contributed by atoms with E-state index in [2.05, 4.69) is 176 Å². The Morgan fingerprint density at radius 2 is 0.691 bits per heavy atom. The van der Waals surface area contributed by atoms with Crippen molar-refractivity contribution in [2.75, 3.05) is 0 Å². The molecule has 10 rings (SSSR count). The first kappa shape index (κ1) is 32.6. The lowest BCUT2D eigenvalue weighted by atomic mass is 9.97. The normalized spacial score (nSPS) is 11.3. The van der Waals surface area contributed by atoms with E-state index in [1.807, 2.05) is 24.3 Å². The fourth-order valence-corrected chi connectivity index (χ4v) is 8.50. The van der Waals surface area contributed by atoms with Crippen LogP contribution in [-0.2, 0) is 0 Å². The quantitative estimate of drug-likeness (QED) is 0.165. The highest BCUT2D eigenvalue weighted by Gasteiger charge is 2.18. The molecule has 0 radical (unpaired) electrons. The second kappa shape index (κ2) is 14.1. The number of thiophene rings is 1. The zero-order chi connectivity index (χ0) is 36.6. The first-order valence-corrected chi connectivity index (χ1v) is 19.2. The van der Waals surface area contributed by atoms with E-state index in [9.17, 15) is 0 Å². The molecule has 0 atom stereocenters. The van der Waals surface area contributed by atoms with E-state index < -0.39 is 0 Å². The number of benzene rings is 8. The minimum atomic E-state index is 0.639. The molecule has 8 aromatic carbocycles. The van der Waals surface area contributed by atoms with Crippen molar-refractivity contribution >= 4 is 31.5 Å². The third-order valence-corrected chi connectivity index (χ3v) is 11.3. The molecule has 10 aromatic rings. The van der Waals surface area contributed by atoms with Crippen LogP contribution in [-0.4, -0.2) is 15.0 Å². The van der Waals surface area contributed by atoms with Crippen LogP contribution in [0.5, 0.6) is 0 Å². The van der Waals surface area contributed by atoms with Crippen LogP contribution in [0.2, 0.25) is 0 Å². The summed E-state index contributed by atoms with van der Waals surface area (Å²) in [7, 11) is 0. The average Bonchev–Trinajstić information content (AvgIpc) is 3.66. The van der Waals surface area contributed by atoms with Gasteiger partial charge in [-0.05, 0) is 80.9 Å². The summed E-state index contributed by atoms with van der Waals surface area (Å²) in [6.45, 7) is 0. The second-order valence-electron chi connectivity index (χ2n) is 13.6. The molecule has 0 amide bonds. The van der Waals surface area contributed by atoms with Gasteiger partial charge in [0.25, 0.3) is 0 Å². The second-order valence-corrected chi connectivity index (χ2v) is 14.7. The molecular weight excluding hydrogens is 687 g/mol. The molecule has 0 bridgehead atoms. The van der Waals surface area contributed by atoms with Crippen LogP contribution in [0.3, 0.4) is 0 Å². The summed E-state index contributed by atoms with van der Waals surface area (Å²) in [5, 5.41) is 2.35. The van der Waals surface area contributed by atoms with Gasteiger partial charge in [-0.15, -0.1) is 11.3 Å². The maximum Gasteiger partial charge on any atom is 0.164 e. The molecular formula is C51H33N3S. The zero-order valence-corrected chi connectivity index (χ0v) is 30.6. The smallest absolute Gasteiger partial charge is 0.164 e. The van der Waals surface area contributed by atoms with Gasteiger partial charge in [0.2, 0.25) is 0 Å². The van der Waals surface area contributed by atoms with Crippen molar-refractivity contribution in [1.82, 2.24) is 15.0 Å². The summed E-state index contributed by atoms with van der Waals surface area (Å²) in [6.07, 6.45) is 0. The maximum absolute atomic E-state index is 5.24. The standard InChI is InChI=1S/C51H33N3S/c1-4-14-34(15-5-1)37-20-10-22-39(30-37)41-24-12-25-43(32-41)50-52-49(36-18-8-3-9-19-36)53-51(54-50)44-26-13-27-47-48(44)45-33-42(28-29-46(45)55-47)40-23-11-21-38(31-40)35-16-6-2-7-17-35/h1-33H. The molecule has 3 nitrogen and oxygen atoms in total. The molecule has 0 aliphatic rings. The number of nitrogens with zero attached hydrogens (tertiary/aromatic N) is 3. The Morgan fingerprint density at radius 3 is 1.27 bits per heavy atom. The Labute approximate surface area is 323 Å². The Hall–Kier alpha value is -7.01. The Balaban J connectivity index is 1.11. The number of hydrogen-bond acceptors (Lipinski definition) is 4. The summed E-state index contributed by atoms with van der Waals surface area (Å²) in [5.41, 5.74) is 12.3. The summed E-state index contributed by atoms with van der Waals surface area (Å²) in [6, 6.07) is 70.5. The summed E-state index contributed by atoms with van der Waals surface area (Å²) in [4.78, 5) is 15.5. The van der Waals surface area contributed by atoms with Crippen molar-refractivity contribution in [3.05, 3.63) is 200 Å². The molecule has 2 heterocycles. The minimum Gasteiger partial charge on any atom is -0.208 e. The van der Waals surface area contributed by atoms with E-state index in [4.69, 9.17) is 15.0 Å². The van der Waals surface area contributed by atoms with Crippen LogP contribution in [0.4, 0.5) is 0 Å². The van der Waals surface area contributed by atoms with Gasteiger partial charge in [-0.3, -0.25) is 0 Å². The van der Waals surface area contributed by atoms with Crippen LogP contribution < -0.4 is 0 Å². The van der Waals surface area contributed by atoms with E-state index in [1.165, 1.54) is 48.2 Å². The zero-order valence-electron chi connectivity index (χ0n) is 29.8. The highest BCUT2D eigenvalue weighted by Crippen LogP contribution is 2.42. The van der Waals surface area contributed by atoms with E-state index in [0.717, 1.165) is 33.2 Å². The third-order valence-electron chi connectivity index (χ3n) is 10.1. The Bertz CT molecular complexity index is 2970. The molecule has 258 valence electrons. The number of rotatable bonds is 7. The largest absolute Gasteiger partial charge is 0.208 e. The van der Waals surface area contributed by atoms with E-state index in [0.29, 0.717) is 17.5 Å². The number of hydrogen-bond donors (Lipinski definition) is 0. The van der Waals surface area contributed by atoms with Crippen LogP contribution in [0.15, 0.2) is 200 Å². The van der Waals surface area contributed by atoms with Crippen LogP contribution in [0, 0.1) is 0 Å².